The number of aromatic nitrogens is 1. The van der Waals surface area contributed by atoms with Crippen LogP contribution < -0.4 is 10.1 Å². The predicted octanol–water partition coefficient (Wildman–Crippen LogP) is 4.48. The highest BCUT2D eigenvalue weighted by Crippen LogP contribution is 2.34. The fourth-order valence-corrected chi connectivity index (χ4v) is 2.72. The van der Waals surface area contributed by atoms with Crippen molar-refractivity contribution in [1.29, 1.82) is 0 Å². The molecule has 0 bridgehead atoms. The van der Waals surface area contributed by atoms with Crippen molar-refractivity contribution in [2.24, 2.45) is 0 Å². The van der Waals surface area contributed by atoms with Crippen LogP contribution in [0.25, 0.3) is 10.9 Å². The summed E-state index contributed by atoms with van der Waals surface area (Å²) in [6, 6.07) is 8.67. The minimum Gasteiger partial charge on any atom is -0.480 e. The Hall–Kier alpha value is -2.80. The number of hydrogen-bond donors (Lipinski definition) is 1. The second-order valence-corrected chi connectivity index (χ2v) is 6.07. The van der Waals surface area contributed by atoms with Gasteiger partial charge in [-0.2, -0.15) is 0 Å². The summed E-state index contributed by atoms with van der Waals surface area (Å²) < 4.78 is 52.2. The second kappa shape index (κ2) is 6.49. The molecule has 134 valence electrons. The third-order valence-corrected chi connectivity index (χ3v) is 4.20. The number of hydrogen-bond acceptors (Lipinski definition) is 4. The van der Waals surface area contributed by atoms with Crippen LogP contribution >= 0.6 is 0 Å². The molecular formula is C19H15F3N2O2. The van der Waals surface area contributed by atoms with Crippen molar-refractivity contribution in [1.82, 2.24) is 4.98 Å². The third kappa shape index (κ3) is 2.94. The smallest absolute Gasteiger partial charge is 0.184 e. The lowest BCUT2D eigenvalue weighted by Crippen LogP contribution is -2.38. The monoisotopic (exact) mass is 360 g/mol. The molecule has 0 radical (unpaired) electrons. The molecule has 1 fully saturated rings. The molecule has 0 unspecified atom stereocenters. The number of pyridine rings is 1. The van der Waals surface area contributed by atoms with Gasteiger partial charge in [0.2, 0.25) is 0 Å². The number of rotatable bonds is 4. The molecule has 3 aromatic rings. The Balaban J connectivity index is 1.72. The minimum absolute atomic E-state index is 0.0459. The van der Waals surface area contributed by atoms with Gasteiger partial charge in [0.25, 0.3) is 0 Å². The largest absolute Gasteiger partial charge is 0.480 e. The number of nitrogens with one attached hydrogen (secondary N) is 1. The first-order chi connectivity index (χ1) is 12.5. The molecule has 7 heteroatoms. The van der Waals surface area contributed by atoms with Crippen LogP contribution in [0.2, 0.25) is 0 Å². The van der Waals surface area contributed by atoms with Crippen LogP contribution in [0.15, 0.2) is 36.4 Å². The number of fused-ring (bicyclic) bond motifs is 1. The standard InChI is InChI=1S/C19H15F3N2O2/c1-10-16(7-11-5-6-13(20)17(22)18(11)23-10)24-15-4-2-3-14(21)19(15)26-12-8-25-9-12/h2-7,12,24H,8-9H2,1H3. The second-order valence-electron chi connectivity index (χ2n) is 6.07. The number of nitrogens with zero attached hydrogens (tertiary/aromatic N) is 1. The van der Waals surface area contributed by atoms with Crippen LogP contribution in [0.3, 0.4) is 0 Å². The average molecular weight is 360 g/mol. The molecule has 2 heterocycles. The van der Waals surface area contributed by atoms with Gasteiger partial charge in [-0.05, 0) is 37.3 Å². The van der Waals surface area contributed by atoms with Crippen LogP contribution in [0, 0.1) is 24.4 Å². The molecular weight excluding hydrogens is 345 g/mol. The van der Waals surface area contributed by atoms with Crippen LogP contribution in [0.4, 0.5) is 24.5 Å². The van der Waals surface area contributed by atoms with E-state index in [0.29, 0.717) is 35.7 Å². The highest BCUT2D eigenvalue weighted by molar-refractivity contribution is 5.85. The van der Waals surface area contributed by atoms with Crippen molar-refractivity contribution >= 4 is 22.3 Å². The summed E-state index contributed by atoms with van der Waals surface area (Å²) in [5.74, 6) is -2.35. The van der Waals surface area contributed by atoms with Gasteiger partial charge < -0.3 is 14.8 Å². The van der Waals surface area contributed by atoms with Gasteiger partial charge in [0, 0.05) is 5.39 Å². The van der Waals surface area contributed by atoms with Gasteiger partial charge in [-0.15, -0.1) is 0 Å². The fourth-order valence-electron chi connectivity index (χ4n) is 2.72. The van der Waals surface area contributed by atoms with Gasteiger partial charge in [0.05, 0.1) is 30.3 Å². The van der Waals surface area contributed by atoms with Crippen molar-refractivity contribution in [2.75, 3.05) is 18.5 Å². The first-order valence-corrected chi connectivity index (χ1v) is 8.08. The molecule has 1 aliphatic rings. The summed E-state index contributed by atoms with van der Waals surface area (Å²) in [6.45, 7) is 2.48. The molecule has 0 amide bonds. The Morgan fingerprint density at radius 1 is 1.08 bits per heavy atom. The SMILES string of the molecule is Cc1nc2c(F)c(F)ccc2cc1Nc1cccc(F)c1OC1COC1. The van der Waals surface area contributed by atoms with Crippen LogP contribution in [-0.4, -0.2) is 24.3 Å². The van der Waals surface area contributed by atoms with E-state index >= 15 is 0 Å². The van der Waals surface area contributed by atoms with Gasteiger partial charge in [0.15, 0.2) is 23.2 Å². The van der Waals surface area contributed by atoms with E-state index in [9.17, 15) is 13.2 Å². The summed E-state index contributed by atoms with van der Waals surface area (Å²) in [4.78, 5) is 4.14. The first-order valence-electron chi connectivity index (χ1n) is 8.08. The molecule has 26 heavy (non-hydrogen) atoms. The molecule has 4 nitrogen and oxygen atoms in total. The van der Waals surface area contributed by atoms with Gasteiger partial charge in [-0.1, -0.05) is 6.07 Å². The molecule has 0 aliphatic carbocycles. The Morgan fingerprint density at radius 2 is 1.88 bits per heavy atom. The molecule has 1 saturated heterocycles. The summed E-state index contributed by atoms with van der Waals surface area (Å²) in [5.41, 5.74) is 1.37. The van der Waals surface area contributed by atoms with Gasteiger partial charge in [-0.25, -0.2) is 18.2 Å². The number of para-hydroxylation sites is 1. The maximum absolute atomic E-state index is 14.2. The molecule has 1 aliphatic heterocycles. The topological polar surface area (TPSA) is 43.4 Å². The Morgan fingerprint density at radius 3 is 2.62 bits per heavy atom. The lowest BCUT2D eigenvalue weighted by molar-refractivity contribution is -0.0805. The van der Waals surface area contributed by atoms with Crippen LogP contribution in [0.5, 0.6) is 5.75 Å². The van der Waals surface area contributed by atoms with Crippen molar-refractivity contribution in [2.45, 2.75) is 13.0 Å². The number of anilines is 2. The number of aryl methyl sites for hydroxylation is 1. The van der Waals surface area contributed by atoms with Crippen LogP contribution in [0.1, 0.15) is 5.69 Å². The van der Waals surface area contributed by atoms with E-state index in [4.69, 9.17) is 9.47 Å². The Labute approximate surface area is 147 Å². The summed E-state index contributed by atoms with van der Waals surface area (Å²) in [5, 5.41) is 3.51. The molecule has 1 N–H and O–H groups in total. The molecule has 0 atom stereocenters. The van der Waals surface area contributed by atoms with Gasteiger partial charge in [-0.3, -0.25) is 0 Å². The lowest BCUT2D eigenvalue weighted by Gasteiger charge is -2.28. The summed E-state index contributed by atoms with van der Waals surface area (Å²) in [6.07, 6.45) is -0.194. The summed E-state index contributed by atoms with van der Waals surface area (Å²) >= 11 is 0. The lowest BCUT2D eigenvalue weighted by atomic mass is 10.1. The predicted molar refractivity (Wildman–Crippen MR) is 91.3 cm³/mol. The first kappa shape index (κ1) is 16.7. The van der Waals surface area contributed by atoms with Crippen LogP contribution in [-0.2, 0) is 4.74 Å². The molecule has 0 spiro atoms. The zero-order valence-electron chi connectivity index (χ0n) is 13.9. The highest BCUT2D eigenvalue weighted by Gasteiger charge is 2.23. The van der Waals surface area contributed by atoms with E-state index in [1.165, 1.54) is 12.1 Å². The van der Waals surface area contributed by atoms with Crippen molar-refractivity contribution in [3.63, 3.8) is 0 Å². The van der Waals surface area contributed by atoms with E-state index in [1.54, 1.807) is 25.1 Å². The summed E-state index contributed by atoms with van der Waals surface area (Å²) in [7, 11) is 0. The average Bonchev–Trinajstić information content (AvgIpc) is 2.58. The van der Waals surface area contributed by atoms with Gasteiger partial charge in [0.1, 0.15) is 11.6 Å². The molecule has 0 saturated carbocycles. The molecule has 1 aromatic heterocycles. The Kier molecular flexibility index (Phi) is 4.16. The minimum atomic E-state index is -0.989. The quantitative estimate of drug-likeness (QED) is 0.745. The molecule has 2 aromatic carbocycles. The van der Waals surface area contributed by atoms with Crippen molar-refractivity contribution in [3.05, 3.63) is 59.5 Å². The highest BCUT2D eigenvalue weighted by atomic mass is 19.2. The van der Waals surface area contributed by atoms with Crippen molar-refractivity contribution in [3.8, 4) is 5.75 Å². The van der Waals surface area contributed by atoms with E-state index in [-0.39, 0.29) is 17.4 Å². The maximum Gasteiger partial charge on any atom is 0.184 e. The zero-order valence-corrected chi connectivity index (χ0v) is 13.9. The van der Waals surface area contributed by atoms with E-state index < -0.39 is 17.5 Å². The maximum atomic E-state index is 14.2. The zero-order chi connectivity index (χ0) is 18.3. The number of ether oxygens (including phenoxy) is 2. The van der Waals surface area contributed by atoms with Crippen molar-refractivity contribution < 1.29 is 22.6 Å². The van der Waals surface area contributed by atoms with E-state index in [0.717, 1.165) is 6.07 Å². The third-order valence-electron chi connectivity index (χ3n) is 4.20. The van der Waals surface area contributed by atoms with Gasteiger partial charge >= 0.3 is 0 Å². The number of benzene rings is 2. The van der Waals surface area contributed by atoms with E-state index in [1.807, 2.05) is 0 Å². The number of halogens is 3. The fraction of sp³-hybridized carbons (Fsp3) is 0.211. The normalized spacial score (nSPS) is 14.3. The van der Waals surface area contributed by atoms with E-state index in [2.05, 4.69) is 10.3 Å². The Bertz CT molecular complexity index is 990. The molecule has 4 rings (SSSR count).